The second-order valence-electron chi connectivity index (χ2n) is 11.8. The van der Waals surface area contributed by atoms with Crippen molar-refractivity contribution in [3.63, 3.8) is 0 Å². The molecule has 0 saturated heterocycles. The van der Waals surface area contributed by atoms with Crippen LogP contribution in [0.25, 0.3) is 0 Å². The third-order valence-electron chi connectivity index (χ3n) is 9.01. The monoisotopic (exact) mass is 649 g/mol. The fourth-order valence-corrected chi connectivity index (χ4v) is 9.52. The molecule has 0 aromatic heterocycles. The number of carbonyl (C=O) groups is 1. The summed E-state index contributed by atoms with van der Waals surface area (Å²) in [7, 11) is 1.32. The van der Waals surface area contributed by atoms with Gasteiger partial charge in [-0.2, -0.15) is 0 Å². The van der Waals surface area contributed by atoms with Gasteiger partial charge in [0.25, 0.3) is 0 Å². The van der Waals surface area contributed by atoms with Gasteiger partial charge >= 0.3 is 0 Å². The minimum absolute atomic E-state index is 0.0775. The molecule has 2 atom stereocenters. The van der Waals surface area contributed by atoms with Gasteiger partial charge < -0.3 is 4.90 Å². The molecule has 1 aliphatic rings. The Morgan fingerprint density at radius 2 is 1.33 bits per heavy atom. The Hall–Kier alpha value is -3.42. The van der Waals surface area contributed by atoms with E-state index >= 15 is 0 Å². The Morgan fingerprint density at radius 1 is 0.711 bits per heavy atom. The summed E-state index contributed by atoms with van der Waals surface area (Å²) in [5.74, 6) is 0.458. The maximum Gasteiger partial charge on any atom is 0.222 e. The first-order chi connectivity index (χ1) is 22.0. The normalized spacial score (nSPS) is 15.9. The van der Waals surface area contributed by atoms with Crippen molar-refractivity contribution in [3.8, 4) is 0 Å². The highest BCUT2D eigenvalue weighted by molar-refractivity contribution is 7.79. The summed E-state index contributed by atoms with van der Waals surface area (Å²) < 4.78 is 0. The Bertz CT molecular complexity index is 1700. The predicted octanol–water partition coefficient (Wildman–Crippen LogP) is 9.59. The molecular formula is C40H38Cl2NOP. The average molecular weight is 651 g/mol. The van der Waals surface area contributed by atoms with E-state index in [1.165, 1.54) is 38.2 Å². The first kappa shape index (κ1) is 31.6. The Labute approximate surface area is 278 Å². The van der Waals surface area contributed by atoms with E-state index < -0.39 is 7.92 Å². The van der Waals surface area contributed by atoms with E-state index in [1.807, 2.05) is 24.1 Å². The van der Waals surface area contributed by atoms with Crippen molar-refractivity contribution in [2.45, 2.75) is 50.5 Å². The van der Waals surface area contributed by atoms with E-state index in [2.05, 4.69) is 115 Å². The fourth-order valence-electron chi connectivity index (χ4n) is 6.71. The number of carbonyl (C=O) groups excluding carboxylic acids is 1. The summed E-state index contributed by atoms with van der Waals surface area (Å²) in [4.78, 5) is 15.5. The third kappa shape index (κ3) is 7.20. The highest BCUT2D eigenvalue weighted by Gasteiger charge is 2.32. The molecule has 5 aromatic carbocycles. The zero-order chi connectivity index (χ0) is 31.2. The lowest BCUT2D eigenvalue weighted by Gasteiger charge is -2.37. The molecule has 0 radical (unpaired) electrons. The first-order valence-corrected chi connectivity index (χ1v) is 17.9. The summed E-state index contributed by atoms with van der Waals surface area (Å²) in [5, 5.41) is 5.28. The molecule has 1 amide bonds. The van der Waals surface area contributed by atoms with Crippen molar-refractivity contribution in [2.75, 3.05) is 7.05 Å². The molecule has 0 spiro atoms. The SMILES string of the molecule is CN(C(=O)CCCCc1ccccc1P(c1ccccc1)c1ccccc1)[C@H]1CC[C@@H](c2ccc(Cl)c(Cl)c2)c2ccccc21. The standard InChI is InChI=1S/C40H38Cl2NOP/c1-43(38-27-25-33(34-20-10-11-21-35(34)38)30-24-26-36(41)37(42)28-30)40(44)23-13-9-15-29-14-8-12-22-39(29)45(31-16-4-2-5-17-31)32-18-6-3-7-19-32/h2-8,10-12,14,16-22,24,26,28,33,38H,9,13,15,23,25,27H2,1H3/t33-,38-/m0/s1. The highest BCUT2D eigenvalue weighted by Crippen LogP contribution is 2.44. The van der Waals surface area contributed by atoms with E-state index in [4.69, 9.17) is 23.2 Å². The van der Waals surface area contributed by atoms with Gasteiger partial charge in [0.2, 0.25) is 5.91 Å². The molecule has 0 bridgehead atoms. The van der Waals surface area contributed by atoms with Gasteiger partial charge in [-0.1, -0.05) is 138 Å². The molecule has 0 saturated carbocycles. The molecule has 0 aliphatic heterocycles. The van der Waals surface area contributed by atoms with Gasteiger partial charge in [-0.15, -0.1) is 0 Å². The van der Waals surface area contributed by atoms with Crippen LogP contribution in [-0.4, -0.2) is 17.9 Å². The highest BCUT2D eigenvalue weighted by atomic mass is 35.5. The van der Waals surface area contributed by atoms with Crippen molar-refractivity contribution in [1.29, 1.82) is 0 Å². The number of hydrogen-bond donors (Lipinski definition) is 0. The summed E-state index contributed by atoms with van der Waals surface area (Å²) in [6, 6.07) is 45.2. The number of fused-ring (bicyclic) bond motifs is 1. The van der Waals surface area contributed by atoms with Crippen LogP contribution in [0.5, 0.6) is 0 Å². The summed E-state index contributed by atoms with van der Waals surface area (Å²) in [5.41, 5.74) is 5.07. The van der Waals surface area contributed by atoms with Crippen LogP contribution in [0.1, 0.15) is 66.3 Å². The average Bonchev–Trinajstić information content (AvgIpc) is 3.09. The molecule has 45 heavy (non-hydrogen) atoms. The number of rotatable bonds is 10. The Morgan fingerprint density at radius 3 is 2.02 bits per heavy atom. The smallest absolute Gasteiger partial charge is 0.222 e. The van der Waals surface area contributed by atoms with Crippen molar-refractivity contribution in [2.24, 2.45) is 0 Å². The van der Waals surface area contributed by atoms with E-state index in [0.717, 1.165) is 32.1 Å². The van der Waals surface area contributed by atoms with Gasteiger partial charge in [0.15, 0.2) is 0 Å². The van der Waals surface area contributed by atoms with Crippen LogP contribution < -0.4 is 15.9 Å². The largest absolute Gasteiger partial charge is 0.339 e. The number of amides is 1. The van der Waals surface area contributed by atoms with Crippen molar-refractivity contribution in [1.82, 2.24) is 4.90 Å². The first-order valence-electron chi connectivity index (χ1n) is 15.8. The molecule has 6 rings (SSSR count). The molecule has 5 aromatic rings. The van der Waals surface area contributed by atoms with Gasteiger partial charge in [0.1, 0.15) is 0 Å². The van der Waals surface area contributed by atoms with Crippen LogP contribution in [0.3, 0.4) is 0 Å². The van der Waals surface area contributed by atoms with E-state index in [9.17, 15) is 4.79 Å². The minimum atomic E-state index is -0.657. The molecule has 5 heteroatoms. The van der Waals surface area contributed by atoms with Crippen LogP contribution in [0.4, 0.5) is 0 Å². The van der Waals surface area contributed by atoms with E-state index in [1.54, 1.807) is 0 Å². The second kappa shape index (κ2) is 14.8. The molecule has 0 unspecified atom stereocenters. The zero-order valence-corrected chi connectivity index (χ0v) is 28.0. The van der Waals surface area contributed by atoms with Crippen molar-refractivity contribution < 1.29 is 4.79 Å². The van der Waals surface area contributed by atoms with Crippen LogP contribution in [0.2, 0.25) is 10.0 Å². The van der Waals surface area contributed by atoms with Crippen LogP contribution in [0, 0.1) is 0 Å². The summed E-state index contributed by atoms with van der Waals surface area (Å²) >= 11 is 12.6. The molecular weight excluding hydrogens is 612 g/mol. The number of benzene rings is 5. The molecule has 0 N–H and O–H groups in total. The van der Waals surface area contributed by atoms with Gasteiger partial charge in [-0.05, 0) is 90.3 Å². The van der Waals surface area contributed by atoms with Gasteiger partial charge in [0.05, 0.1) is 16.1 Å². The Balaban J connectivity index is 1.12. The topological polar surface area (TPSA) is 20.3 Å². The fraction of sp³-hybridized carbons (Fsp3) is 0.225. The van der Waals surface area contributed by atoms with Gasteiger partial charge in [0, 0.05) is 19.4 Å². The molecule has 0 heterocycles. The molecule has 228 valence electrons. The van der Waals surface area contributed by atoms with E-state index in [-0.39, 0.29) is 17.9 Å². The lowest BCUT2D eigenvalue weighted by atomic mass is 9.76. The van der Waals surface area contributed by atoms with E-state index in [0.29, 0.717) is 16.5 Å². The number of halogens is 2. The van der Waals surface area contributed by atoms with Gasteiger partial charge in [-0.3, -0.25) is 4.79 Å². The number of nitrogens with zero attached hydrogens (tertiary/aromatic N) is 1. The number of aryl methyl sites for hydroxylation is 1. The molecule has 0 fully saturated rings. The maximum absolute atomic E-state index is 13.5. The molecule has 2 nitrogen and oxygen atoms in total. The lowest BCUT2D eigenvalue weighted by Crippen LogP contribution is -2.34. The molecule has 1 aliphatic carbocycles. The Kier molecular flexibility index (Phi) is 10.4. The quantitative estimate of drug-likeness (QED) is 0.109. The zero-order valence-electron chi connectivity index (χ0n) is 25.6. The number of hydrogen-bond acceptors (Lipinski definition) is 1. The van der Waals surface area contributed by atoms with Crippen LogP contribution >= 0.6 is 31.1 Å². The summed E-state index contributed by atoms with van der Waals surface area (Å²) in [6.45, 7) is 0. The number of unbranched alkanes of at least 4 members (excludes halogenated alkanes) is 1. The third-order valence-corrected chi connectivity index (χ3v) is 12.3. The van der Waals surface area contributed by atoms with Crippen molar-refractivity contribution >= 4 is 52.9 Å². The van der Waals surface area contributed by atoms with Crippen molar-refractivity contribution in [3.05, 3.63) is 160 Å². The van der Waals surface area contributed by atoms with Crippen LogP contribution in [0.15, 0.2) is 127 Å². The minimum Gasteiger partial charge on any atom is -0.339 e. The predicted molar refractivity (Wildman–Crippen MR) is 192 cm³/mol. The maximum atomic E-state index is 13.5. The lowest BCUT2D eigenvalue weighted by molar-refractivity contribution is -0.132. The second-order valence-corrected chi connectivity index (χ2v) is 14.8. The van der Waals surface area contributed by atoms with Crippen LogP contribution in [-0.2, 0) is 11.2 Å². The summed E-state index contributed by atoms with van der Waals surface area (Å²) in [6.07, 6.45) is 5.24. The van der Waals surface area contributed by atoms with Gasteiger partial charge in [-0.25, -0.2) is 0 Å².